The first-order valence-corrected chi connectivity index (χ1v) is 3.06. The Labute approximate surface area is 51.7 Å². The van der Waals surface area contributed by atoms with Gasteiger partial charge in [-0.05, 0) is 0 Å². The van der Waals surface area contributed by atoms with E-state index in [1.54, 1.807) is 0 Å². The molecule has 0 bridgehead atoms. The van der Waals surface area contributed by atoms with E-state index in [1.165, 1.54) is 0 Å². The molecule has 0 fully saturated rings. The molecule has 0 aliphatic heterocycles. The molecule has 0 aromatic rings. The molecule has 0 aromatic carbocycles. The summed E-state index contributed by atoms with van der Waals surface area (Å²) in [7, 11) is 5.09. The Kier molecular flexibility index (Phi) is 13.8. The Balaban J connectivity index is 0. The third kappa shape index (κ3) is 37.0. The van der Waals surface area contributed by atoms with Crippen LogP contribution < -0.4 is 5.32 Å². The predicted octanol–water partition coefficient (Wildman–Crippen LogP) is -1.76. The predicted molar refractivity (Wildman–Crippen MR) is 29.7 cm³/mol. The van der Waals surface area contributed by atoms with Crippen molar-refractivity contribution >= 4 is 11.4 Å². The fourth-order valence-electron chi connectivity index (χ4n) is 0. The van der Waals surface area contributed by atoms with Crippen LogP contribution in [0.25, 0.3) is 0 Å². The number of nitrogens with two attached hydrogens (primary N) is 1. The molecule has 0 aliphatic carbocycles. The first-order chi connectivity index (χ1) is 3.68. The van der Waals surface area contributed by atoms with E-state index < -0.39 is 11.4 Å². The van der Waals surface area contributed by atoms with E-state index in [9.17, 15) is 0 Å². The number of rotatable bonds is 1. The van der Waals surface area contributed by atoms with Crippen LogP contribution in [0.5, 0.6) is 0 Å². The zero-order chi connectivity index (χ0) is 6.99. The standard InChI is InChI=1S/C2H7N.CH4O3S/c1-3-2;1-4-5(2)3/h3H,1-2H3;1H3,(H,2,3). The molecule has 0 spiro atoms. The average molecular weight is 141 g/mol. The smallest absolute Gasteiger partial charge is 0.0839 e. The van der Waals surface area contributed by atoms with Crippen molar-refractivity contribution in [2.45, 2.75) is 0 Å². The van der Waals surface area contributed by atoms with Gasteiger partial charge in [0.2, 0.25) is 0 Å². The Morgan fingerprint density at radius 3 is 1.75 bits per heavy atom. The van der Waals surface area contributed by atoms with E-state index in [0.29, 0.717) is 0 Å². The second-order valence-electron chi connectivity index (χ2n) is 0.948. The molecule has 0 aromatic heterocycles. The lowest BCUT2D eigenvalue weighted by atomic mass is 11.3. The summed E-state index contributed by atoms with van der Waals surface area (Å²) in [6.07, 6.45) is 0. The summed E-state index contributed by atoms with van der Waals surface area (Å²) in [4.78, 5) is 0. The van der Waals surface area contributed by atoms with Crippen LogP contribution in [0.2, 0.25) is 0 Å². The molecule has 0 heterocycles. The van der Waals surface area contributed by atoms with E-state index in [0.717, 1.165) is 7.11 Å². The summed E-state index contributed by atoms with van der Waals surface area (Å²) in [6.45, 7) is 0. The largest absolute Gasteiger partial charge is 0.750 e. The minimum atomic E-state index is -2.32. The number of hydrogen-bond acceptors (Lipinski definition) is 3. The number of hydrogen-bond donors (Lipinski definition) is 1. The van der Waals surface area contributed by atoms with Crippen LogP contribution in [-0.2, 0) is 15.5 Å². The fourth-order valence-corrected chi connectivity index (χ4v) is 0. The van der Waals surface area contributed by atoms with Gasteiger partial charge in [0.25, 0.3) is 0 Å². The maximum absolute atomic E-state index is 9.15. The SMILES string of the molecule is COS(=O)[O-].C[NH2+]C. The van der Waals surface area contributed by atoms with Crippen molar-refractivity contribution in [3.05, 3.63) is 0 Å². The summed E-state index contributed by atoms with van der Waals surface area (Å²) < 4.78 is 22.0. The van der Waals surface area contributed by atoms with E-state index in [4.69, 9.17) is 8.76 Å². The van der Waals surface area contributed by atoms with E-state index >= 15 is 0 Å². The van der Waals surface area contributed by atoms with Crippen LogP contribution >= 0.6 is 0 Å². The molecule has 0 aliphatic rings. The van der Waals surface area contributed by atoms with Crippen molar-refractivity contribution in [3.63, 3.8) is 0 Å². The molecule has 4 nitrogen and oxygen atoms in total. The van der Waals surface area contributed by atoms with E-state index in [-0.39, 0.29) is 0 Å². The Morgan fingerprint density at radius 2 is 1.75 bits per heavy atom. The maximum Gasteiger partial charge on any atom is 0.0839 e. The molecular weight excluding hydrogens is 130 g/mol. The van der Waals surface area contributed by atoms with Gasteiger partial charge in [0.1, 0.15) is 0 Å². The summed E-state index contributed by atoms with van der Waals surface area (Å²) in [6, 6.07) is 0. The van der Waals surface area contributed by atoms with Crippen LogP contribution in [0.1, 0.15) is 0 Å². The van der Waals surface area contributed by atoms with Crippen molar-refractivity contribution in [1.82, 2.24) is 0 Å². The van der Waals surface area contributed by atoms with Gasteiger partial charge in [0.15, 0.2) is 0 Å². The summed E-state index contributed by atoms with van der Waals surface area (Å²) in [5.41, 5.74) is 0. The quantitative estimate of drug-likeness (QED) is 0.440. The minimum absolute atomic E-state index is 1.09. The highest BCUT2D eigenvalue weighted by Gasteiger charge is 1.59. The molecule has 1 atom stereocenters. The molecule has 2 N–H and O–H groups in total. The normalized spacial score (nSPS) is 11.5. The summed E-state index contributed by atoms with van der Waals surface area (Å²) in [5.74, 6) is 0. The Morgan fingerprint density at radius 1 is 1.62 bits per heavy atom. The lowest BCUT2D eigenvalue weighted by molar-refractivity contribution is -0.597. The zero-order valence-electron chi connectivity index (χ0n) is 5.21. The van der Waals surface area contributed by atoms with Gasteiger partial charge in [-0.1, -0.05) is 0 Å². The lowest BCUT2D eigenvalue weighted by Crippen LogP contribution is -2.74. The highest BCUT2D eigenvalue weighted by Crippen LogP contribution is 1.63. The van der Waals surface area contributed by atoms with E-state index in [2.05, 4.69) is 4.18 Å². The third-order valence-corrected chi connectivity index (χ3v) is 0.408. The van der Waals surface area contributed by atoms with Gasteiger partial charge in [-0.2, -0.15) is 0 Å². The van der Waals surface area contributed by atoms with Crippen LogP contribution in [0.15, 0.2) is 0 Å². The van der Waals surface area contributed by atoms with Crippen molar-refractivity contribution in [1.29, 1.82) is 0 Å². The highest BCUT2D eigenvalue weighted by molar-refractivity contribution is 7.74. The van der Waals surface area contributed by atoms with Crippen LogP contribution in [0.3, 0.4) is 0 Å². The third-order valence-electron chi connectivity index (χ3n) is 0.136. The molecule has 52 valence electrons. The monoisotopic (exact) mass is 141 g/mol. The van der Waals surface area contributed by atoms with Crippen LogP contribution in [0, 0.1) is 0 Å². The lowest BCUT2D eigenvalue weighted by Gasteiger charge is -1.94. The zero-order valence-corrected chi connectivity index (χ0v) is 6.03. The van der Waals surface area contributed by atoms with Gasteiger partial charge in [-0.25, -0.2) is 4.21 Å². The second kappa shape index (κ2) is 10.1. The van der Waals surface area contributed by atoms with Gasteiger partial charge < -0.3 is 14.1 Å². The van der Waals surface area contributed by atoms with Gasteiger partial charge in [-0.3, -0.25) is 0 Å². The number of quaternary nitrogens is 1. The van der Waals surface area contributed by atoms with Crippen LogP contribution in [-0.4, -0.2) is 30.0 Å². The minimum Gasteiger partial charge on any atom is -0.750 e. The first-order valence-electron chi connectivity index (χ1n) is 2.06. The summed E-state index contributed by atoms with van der Waals surface area (Å²) >= 11 is -2.32. The fraction of sp³-hybridized carbons (Fsp3) is 1.00. The molecular formula is C3H11NO3S. The van der Waals surface area contributed by atoms with Gasteiger partial charge in [-0.15, -0.1) is 0 Å². The van der Waals surface area contributed by atoms with E-state index in [1.807, 2.05) is 19.4 Å². The van der Waals surface area contributed by atoms with Gasteiger partial charge in [0.05, 0.1) is 32.6 Å². The average Bonchev–Trinajstić information content (AvgIpc) is 1.69. The molecule has 0 radical (unpaired) electrons. The van der Waals surface area contributed by atoms with Gasteiger partial charge >= 0.3 is 0 Å². The molecule has 1 unspecified atom stereocenters. The van der Waals surface area contributed by atoms with Crippen molar-refractivity contribution < 1.29 is 18.3 Å². The van der Waals surface area contributed by atoms with Crippen molar-refractivity contribution in [2.24, 2.45) is 0 Å². The van der Waals surface area contributed by atoms with Crippen LogP contribution in [0.4, 0.5) is 0 Å². The molecule has 0 amide bonds. The topological polar surface area (TPSA) is 66.0 Å². The Hall–Kier alpha value is 0.0300. The molecule has 0 saturated heterocycles. The Bertz CT molecular complexity index is 58.5. The molecule has 0 rings (SSSR count). The molecule has 5 heteroatoms. The van der Waals surface area contributed by atoms with Crippen molar-refractivity contribution in [3.8, 4) is 0 Å². The maximum atomic E-state index is 9.15. The van der Waals surface area contributed by atoms with Crippen molar-refractivity contribution in [2.75, 3.05) is 21.2 Å². The highest BCUT2D eigenvalue weighted by atomic mass is 32.2. The first kappa shape index (κ1) is 10.9. The molecule has 8 heavy (non-hydrogen) atoms. The van der Waals surface area contributed by atoms with Gasteiger partial charge in [0, 0.05) is 0 Å². The second-order valence-corrected chi connectivity index (χ2v) is 1.69. The molecule has 0 saturated carbocycles. The summed E-state index contributed by atoms with van der Waals surface area (Å²) in [5, 5.41) is 2.00.